The molecule has 0 aromatic heterocycles. The average Bonchev–Trinajstić information content (AvgIpc) is 2.40. The molecule has 0 saturated carbocycles. The van der Waals surface area contributed by atoms with E-state index >= 15 is 0 Å². The number of ether oxygens (including phenoxy) is 1. The molecule has 1 heterocycles. The highest BCUT2D eigenvalue weighted by Crippen LogP contribution is 2.10. The first kappa shape index (κ1) is 13.4. The van der Waals surface area contributed by atoms with Crippen molar-refractivity contribution in [2.75, 3.05) is 26.2 Å². The van der Waals surface area contributed by atoms with Crippen molar-refractivity contribution in [2.45, 2.75) is 19.3 Å². The Balaban J connectivity index is 1.72. The minimum atomic E-state index is -0.261. The highest BCUT2D eigenvalue weighted by molar-refractivity contribution is 6.30. The van der Waals surface area contributed by atoms with Crippen LogP contribution in [0.15, 0.2) is 24.3 Å². The molecule has 0 bridgehead atoms. The number of rotatable bonds is 4. The number of halogens is 1. The second-order valence-electron chi connectivity index (χ2n) is 4.70. The Kier molecular flexibility index (Phi) is 5.02. The fourth-order valence-corrected chi connectivity index (χ4v) is 2.39. The SMILES string of the molecule is O=C(OCC[NH+]1CCCCC1)c1ccc(Cl)cc1. The molecule has 0 atom stereocenters. The molecule has 1 aliphatic rings. The highest BCUT2D eigenvalue weighted by Gasteiger charge is 2.14. The van der Waals surface area contributed by atoms with E-state index in [-0.39, 0.29) is 5.97 Å². The molecular formula is C14H19ClNO2+. The van der Waals surface area contributed by atoms with E-state index in [2.05, 4.69) is 0 Å². The first-order chi connectivity index (χ1) is 8.75. The zero-order chi connectivity index (χ0) is 12.8. The predicted molar refractivity (Wildman–Crippen MR) is 71.1 cm³/mol. The van der Waals surface area contributed by atoms with Gasteiger partial charge >= 0.3 is 5.97 Å². The van der Waals surface area contributed by atoms with E-state index in [0.29, 0.717) is 17.2 Å². The summed E-state index contributed by atoms with van der Waals surface area (Å²) >= 11 is 5.77. The Bertz CT molecular complexity index is 385. The zero-order valence-electron chi connectivity index (χ0n) is 10.5. The molecule has 0 spiro atoms. The quantitative estimate of drug-likeness (QED) is 0.841. The van der Waals surface area contributed by atoms with Crippen molar-refractivity contribution in [1.82, 2.24) is 0 Å². The van der Waals surface area contributed by atoms with E-state index in [4.69, 9.17) is 16.3 Å². The molecule has 1 saturated heterocycles. The van der Waals surface area contributed by atoms with Gasteiger partial charge in [-0.2, -0.15) is 0 Å². The van der Waals surface area contributed by atoms with Gasteiger partial charge in [-0.15, -0.1) is 0 Å². The van der Waals surface area contributed by atoms with Crippen LogP contribution >= 0.6 is 11.6 Å². The molecule has 4 heteroatoms. The summed E-state index contributed by atoms with van der Waals surface area (Å²) in [5.74, 6) is -0.261. The summed E-state index contributed by atoms with van der Waals surface area (Å²) in [6.07, 6.45) is 3.93. The predicted octanol–water partition coefficient (Wildman–Crippen LogP) is 1.57. The van der Waals surface area contributed by atoms with Crippen molar-refractivity contribution in [3.05, 3.63) is 34.9 Å². The van der Waals surface area contributed by atoms with Gasteiger partial charge in [0, 0.05) is 5.02 Å². The van der Waals surface area contributed by atoms with Gasteiger partial charge in [0.1, 0.15) is 13.2 Å². The van der Waals surface area contributed by atoms with Crippen LogP contribution in [0.2, 0.25) is 5.02 Å². The first-order valence-corrected chi connectivity index (χ1v) is 6.90. The van der Waals surface area contributed by atoms with Crippen LogP contribution in [0.1, 0.15) is 29.6 Å². The summed E-state index contributed by atoms with van der Waals surface area (Å²) < 4.78 is 5.27. The number of carbonyl (C=O) groups excluding carboxylic acids is 1. The fraction of sp³-hybridized carbons (Fsp3) is 0.500. The third-order valence-electron chi connectivity index (χ3n) is 3.33. The molecule has 18 heavy (non-hydrogen) atoms. The fourth-order valence-electron chi connectivity index (χ4n) is 2.26. The molecule has 0 unspecified atom stereocenters. The van der Waals surface area contributed by atoms with Crippen LogP contribution in [-0.4, -0.2) is 32.2 Å². The molecule has 0 aliphatic carbocycles. The summed E-state index contributed by atoms with van der Waals surface area (Å²) in [5, 5.41) is 0.629. The minimum absolute atomic E-state index is 0.261. The first-order valence-electron chi connectivity index (χ1n) is 6.52. The van der Waals surface area contributed by atoms with Gasteiger partial charge in [-0.25, -0.2) is 4.79 Å². The lowest BCUT2D eigenvalue weighted by atomic mass is 10.1. The second-order valence-corrected chi connectivity index (χ2v) is 5.14. The van der Waals surface area contributed by atoms with E-state index < -0.39 is 0 Å². The second kappa shape index (κ2) is 6.76. The Hall–Kier alpha value is -1.06. The van der Waals surface area contributed by atoms with Crippen molar-refractivity contribution in [1.29, 1.82) is 0 Å². The van der Waals surface area contributed by atoms with E-state index in [1.54, 1.807) is 29.2 Å². The van der Waals surface area contributed by atoms with E-state index in [1.807, 2.05) is 0 Å². The van der Waals surface area contributed by atoms with Crippen LogP contribution in [0.5, 0.6) is 0 Å². The average molecular weight is 269 g/mol. The van der Waals surface area contributed by atoms with Crippen LogP contribution in [0, 0.1) is 0 Å². The maximum Gasteiger partial charge on any atom is 0.338 e. The smallest absolute Gasteiger partial charge is 0.338 e. The monoisotopic (exact) mass is 268 g/mol. The zero-order valence-corrected chi connectivity index (χ0v) is 11.2. The molecule has 2 rings (SSSR count). The molecule has 1 aliphatic heterocycles. The Labute approximate surface area is 113 Å². The number of hydrogen-bond donors (Lipinski definition) is 1. The van der Waals surface area contributed by atoms with Crippen molar-refractivity contribution in [3.8, 4) is 0 Å². The number of likely N-dealkylation sites (tertiary alicyclic amines) is 1. The molecule has 0 radical (unpaired) electrons. The lowest BCUT2D eigenvalue weighted by Crippen LogP contribution is -3.13. The van der Waals surface area contributed by atoms with Gasteiger partial charge in [0.25, 0.3) is 0 Å². The number of hydrogen-bond acceptors (Lipinski definition) is 2. The Morgan fingerprint density at radius 3 is 2.50 bits per heavy atom. The number of quaternary nitrogens is 1. The van der Waals surface area contributed by atoms with Gasteiger partial charge < -0.3 is 9.64 Å². The van der Waals surface area contributed by atoms with Gasteiger partial charge in [0.05, 0.1) is 18.7 Å². The van der Waals surface area contributed by atoms with Gasteiger partial charge in [0.15, 0.2) is 0 Å². The van der Waals surface area contributed by atoms with E-state index in [0.717, 1.165) is 6.54 Å². The Morgan fingerprint density at radius 2 is 1.83 bits per heavy atom. The maximum atomic E-state index is 11.7. The maximum absolute atomic E-state index is 11.7. The van der Waals surface area contributed by atoms with Gasteiger partial charge in [-0.1, -0.05) is 11.6 Å². The molecule has 3 nitrogen and oxygen atoms in total. The molecule has 1 aromatic carbocycles. The number of esters is 1. The third-order valence-corrected chi connectivity index (χ3v) is 3.58. The lowest BCUT2D eigenvalue weighted by Gasteiger charge is -2.23. The van der Waals surface area contributed by atoms with Gasteiger partial charge in [-0.3, -0.25) is 0 Å². The van der Waals surface area contributed by atoms with Crippen molar-refractivity contribution in [2.24, 2.45) is 0 Å². The van der Waals surface area contributed by atoms with Crippen LogP contribution in [-0.2, 0) is 4.74 Å². The van der Waals surface area contributed by atoms with Gasteiger partial charge in [-0.05, 0) is 43.5 Å². The highest BCUT2D eigenvalue weighted by atomic mass is 35.5. The largest absolute Gasteiger partial charge is 0.456 e. The summed E-state index contributed by atoms with van der Waals surface area (Å²) in [7, 11) is 0. The molecule has 1 fully saturated rings. The lowest BCUT2D eigenvalue weighted by molar-refractivity contribution is -0.905. The van der Waals surface area contributed by atoms with Crippen LogP contribution in [0.3, 0.4) is 0 Å². The van der Waals surface area contributed by atoms with Crippen molar-refractivity contribution in [3.63, 3.8) is 0 Å². The van der Waals surface area contributed by atoms with Crippen LogP contribution < -0.4 is 4.90 Å². The normalized spacial score (nSPS) is 16.5. The number of nitrogens with one attached hydrogen (secondary N) is 1. The summed E-state index contributed by atoms with van der Waals surface area (Å²) in [5.41, 5.74) is 0.563. The molecular weight excluding hydrogens is 250 g/mol. The van der Waals surface area contributed by atoms with Crippen LogP contribution in [0.25, 0.3) is 0 Å². The standard InChI is InChI=1S/C14H18ClNO2/c15-13-6-4-12(5-7-13)14(17)18-11-10-16-8-2-1-3-9-16/h4-7H,1-3,8-11H2/p+1. The van der Waals surface area contributed by atoms with Crippen LogP contribution in [0.4, 0.5) is 0 Å². The number of benzene rings is 1. The topological polar surface area (TPSA) is 30.7 Å². The Morgan fingerprint density at radius 1 is 1.17 bits per heavy atom. The summed E-state index contributed by atoms with van der Waals surface area (Å²) in [4.78, 5) is 13.3. The third kappa shape index (κ3) is 4.00. The van der Waals surface area contributed by atoms with Crippen molar-refractivity contribution >= 4 is 17.6 Å². The molecule has 1 aromatic rings. The van der Waals surface area contributed by atoms with Gasteiger partial charge in [0.2, 0.25) is 0 Å². The molecule has 0 amide bonds. The summed E-state index contributed by atoms with van der Waals surface area (Å²) in [6, 6.07) is 6.79. The molecule has 98 valence electrons. The number of piperidine rings is 1. The minimum Gasteiger partial charge on any atom is -0.456 e. The van der Waals surface area contributed by atoms with Crippen molar-refractivity contribution < 1.29 is 14.4 Å². The summed E-state index contributed by atoms with van der Waals surface area (Å²) in [6.45, 7) is 3.83. The van der Waals surface area contributed by atoms with E-state index in [1.165, 1.54) is 32.4 Å². The molecule has 1 N–H and O–H groups in total. The number of carbonyl (C=O) groups is 1. The van der Waals surface area contributed by atoms with E-state index in [9.17, 15) is 4.79 Å².